The number of methoxy groups -OCH3 is 1. The molecule has 3 aromatic rings. The molecule has 0 spiro atoms. The molecule has 0 saturated heterocycles. The molecule has 2 N–H and O–H groups in total. The number of benzene rings is 2. The lowest BCUT2D eigenvalue weighted by atomic mass is 10.2. The third-order valence-corrected chi connectivity index (χ3v) is 4.26. The van der Waals surface area contributed by atoms with Crippen LogP contribution >= 0.6 is 11.3 Å². The summed E-state index contributed by atoms with van der Waals surface area (Å²) >= 11 is 1.31. The Morgan fingerprint density at radius 1 is 1.04 bits per heavy atom. The summed E-state index contributed by atoms with van der Waals surface area (Å²) in [6.45, 7) is 1.93. The molecule has 7 heteroatoms. The molecule has 2 aromatic carbocycles. The lowest BCUT2D eigenvalue weighted by Gasteiger charge is -2.07. The van der Waals surface area contributed by atoms with Crippen molar-refractivity contribution in [2.75, 3.05) is 17.7 Å². The fourth-order valence-corrected chi connectivity index (χ4v) is 2.83. The normalized spacial score (nSPS) is 10.2. The lowest BCUT2D eigenvalue weighted by Crippen LogP contribution is -2.19. The molecule has 0 bridgehead atoms. The predicted octanol–water partition coefficient (Wildman–Crippen LogP) is 4.17. The number of anilines is 2. The summed E-state index contributed by atoms with van der Waals surface area (Å²) in [6.07, 6.45) is 0. The van der Waals surface area contributed by atoms with Crippen LogP contribution in [-0.2, 0) is 0 Å². The summed E-state index contributed by atoms with van der Waals surface area (Å²) in [4.78, 5) is 12.1. The van der Waals surface area contributed by atoms with Gasteiger partial charge in [-0.15, -0.1) is 10.2 Å². The van der Waals surface area contributed by atoms with Gasteiger partial charge < -0.3 is 10.1 Å². The molecule has 122 valence electrons. The van der Waals surface area contributed by atoms with E-state index in [0.717, 1.165) is 27.6 Å². The molecular weight excluding hydrogens is 324 g/mol. The maximum atomic E-state index is 12.1. The highest BCUT2D eigenvalue weighted by atomic mass is 32.1. The number of amides is 2. The molecule has 0 unspecified atom stereocenters. The van der Waals surface area contributed by atoms with Gasteiger partial charge in [0.25, 0.3) is 0 Å². The van der Waals surface area contributed by atoms with E-state index in [9.17, 15) is 4.79 Å². The summed E-state index contributed by atoms with van der Waals surface area (Å²) in [5.41, 5.74) is 2.67. The van der Waals surface area contributed by atoms with Crippen LogP contribution in [0.1, 0.15) is 5.56 Å². The Hall–Kier alpha value is -2.93. The van der Waals surface area contributed by atoms with Crippen molar-refractivity contribution in [3.05, 3.63) is 54.1 Å². The van der Waals surface area contributed by atoms with E-state index >= 15 is 0 Å². The van der Waals surface area contributed by atoms with Gasteiger partial charge in [0.2, 0.25) is 5.13 Å². The number of ether oxygens (including phenoxy) is 1. The molecular formula is C17H16N4O2S. The standard InChI is InChI=1S/C17H16N4O2S/c1-11-5-3-4-6-14(11)18-16(22)19-17-21-20-15(24-17)12-7-9-13(23-2)10-8-12/h3-10H,1-2H3,(H2,18,19,21,22). The first-order valence-corrected chi connectivity index (χ1v) is 8.09. The molecule has 1 aromatic heterocycles. The molecule has 0 radical (unpaired) electrons. The monoisotopic (exact) mass is 340 g/mol. The Morgan fingerprint density at radius 2 is 1.79 bits per heavy atom. The van der Waals surface area contributed by atoms with E-state index in [1.807, 2.05) is 55.5 Å². The summed E-state index contributed by atoms with van der Waals surface area (Å²) in [7, 11) is 1.62. The highest BCUT2D eigenvalue weighted by Gasteiger charge is 2.10. The van der Waals surface area contributed by atoms with Gasteiger partial charge in [-0.3, -0.25) is 5.32 Å². The van der Waals surface area contributed by atoms with Crippen LogP contribution in [0, 0.1) is 6.92 Å². The van der Waals surface area contributed by atoms with Gasteiger partial charge in [-0.25, -0.2) is 4.79 Å². The van der Waals surface area contributed by atoms with Crippen molar-refractivity contribution in [2.45, 2.75) is 6.92 Å². The van der Waals surface area contributed by atoms with Gasteiger partial charge in [0.15, 0.2) is 0 Å². The summed E-state index contributed by atoms with van der Waals surface area (Å²) < 4.78 is 5.13. The minimum absolute atomic E-state index is 0.346. The zero-order chi connectivity index (χ0) is 16.9. The second-order valence-electron chi connectivity index (χ2n) is 5.03. The van der Waals surface area contributed by atoms with Crippen molar-refractivity contribution in [2.24, 2.45) is 0 Å². The van der Waals surface area contributed by atoms with Crippen LogP contribution in [0.5, 0.6) is 5.75 Å². The van der Waals surface area contributed by atoms with Crippen molar-refractivity contribution in [1.82, 2.24) is 10.2 Å². The molecule has 0 aliphatic carbocycles. The summed E-state index contributed by atoms with van der Waals surface area (Å²) in [6, 6.07) is 14.7. The number of aryl methyl sites for hydroxylation is 1. The van der Waals surface area contributed by atoms with Crippen LogP contribution in [0.4, 0.5) is 15.6 Å². The minimum atomic E-state index is -0.346. The average Bonchev–Trinajstić information content (AvgIpc) is 3.05. The fraction of sp³-hybridized carbons (Fsp3) is 0.118. The second-order valence-corrected chi connectivity index (χ2v) is 6.01. The number of aromatic nitrogens is 2. The molecule has 1 heterocycles. The molecule has 6 nitrogen and oxygen atoms in total. The molecule has 0 saturated carbocycles. The van der Waals surface area contributed by atoms with Crippen molar-refractivity contribution in [3.63, 3.8) is 0 Å². The first-order chi connectivity index (χ1) is 11.7. The van der Waals surface area contributed by atoms with Gasteiger partial charge in [0.05, 0.1) is 7.11 Å². The van der Waals surface area contributed by atoms with Crippen LogP contribution in [0.3, 0.4) is 0 Å². The van der Waals surface area contributed by atoms with Gasteiger partial charge in [0, 0.05) is 11.3 Å². The van der Waals surface area contributed by atoms with E-state index in [4.69, 9.17) is 4.74 Å². The number of nitrogens with one attached hydrogen (secondary N) is 2. The Bertz CT molecular complexity index is 846. The smallest absolute Gasteiger partial charge is 0.325 e. The number of carbonyl (C=O) groups is 1. The van der Waals surface area contributed by atoms with Gasteiger partial charge in [-0.1, -0.05) is 29.5 Å². The first-order valence-electron chi connectivity index (χ1n) is 7.27. The Morgan fingerprint density at radius 3 is 2.50 bits per heavy atom. The Labute approximate surface area is 143 Å². The summed E-state index contributed by atoms with van der Waals surface area (Å²) in [5, 5.41) is 14.8. The minimum Gasteiger partial charge on any atom is -0.497 e. The second kappa shape index (κ2) is 7.10. The zero-order valence-corrected chi connectivity index (χ0v) is 14.1. The molecule has 0 aliphatic rings. The van der Waals surface area contributed by atoms with Crippen molar-refractivity contribution >= 4 is 28.2 Å². The molecule has 24 heavy (non-hydrogen) atoms. The van der Waals surface area contributed by atoms with Gasteiger partial charge in [-0.2, -0.15) is 0 Å². The zero-order valence-electron chi connectivity index (χ0n) is 13.2. The van der Waals surface area contributed by atoms with Crippen LogP contribution in [0.25, 0.3) is 10.6 Å². The maximum absolute atomic E-state index is 12.1. The number of hydrogen-bond acceptors (Lipinski definition) is 5. The van der Waals surface area contributed by atoms with E-state index in [2.05, 4.69) is 20.8 Å². The molecule has 3 rings (SSSR count). The highest BCUT2D eigenvalue weighted by molar-refractivity contribution is 7.18. The predicted molar refractivity (Wildman–Crippen MR) is 95.7 cm³/mol. The van der Waals surface area contributed by atoms with E-state index in [0.29, 0.717) is 5.13 Å². The third kappa shape index (κ3) is 3.69. The lowest BCUT2D eigenvalue weighted by molar-refractivity contribution is 0.262. The number of nitrogens with zero attached hydrogens (tertiary/aromatic N) is 2. The quantitative estimate of drug-likeness (QED) is 0.747. The third-order valence-electron chi connectivity index (χ3n) is 3.38. The number of para-hydroxylation sites is 1. The highest BCUT2D eigenvalue weighted by Crippen LogP contribution is 2.27. The van der Waals surface area contributed by atoms with Crippen molar-refractivity contribution in [3.8, 4) is 16.3 Å². The van der Waals surface area contributed by atoms with Crippen LogP contribution < -0.4 is 15.4 Å². The van der Waals surface area contributed by atoms with E-state index < -0.39 is 0 Å². The number of rotatable bonds is 4. The van der Waals surface area contributed by atoms with Crippen molar-refractivity contribution < 1.29 is 9.53 Å². The Balaban J connectivity index is 1.67. The average molecular weight is 340 g/mol. The van der Waals surface area contributed by atoms with E-state index in [1.165, 1.54) is 11.3 Å². The maximum Gasteiger partial charge on any atom is 0.325 e. The largest absolute Gasteiger partial charge is 0.497 e. The Kier molecular flexibility index (Phi) is 4.72. The van der Waals surface area contributed by atoms with E-state index in [-0.39, 0.29) is 6.03 Å². The molecule has 0 atom stereocenters. The number of hydrogen-bond donors (Lipinski definition) is 2. The molecule has 0 fully saturated rings. The fourth-order valence-electron chi connectivity index (χ4n) is 2.09. The van der Waals surface area contributed by atoms with E-state index in [1.54, 1.807) is 7.11 Å². The number of carbonyl (C=O) groups excluding carboxylic acids is 1. The van der Waals surface area contributed by atoms with Gasteiger partial charge in [-0.05, 0) is 42.8 Å². The SMILES string of the molecule is COc1ccc(-c2nnc(NC(=O)Nc3ccccc3C)s2)cc1. The van der Waals surface area contributed by atoms with Crippen LogP contribution in [0.2, 0.25) is 0 Å². The molecule has 2 amide bonds. The van der Waals surface area contributed by atoms with Crippen molar-refractivity contribution in [1.29, 1.82) is 0 Å². The summed E-state index contributed by atoms with van der Waals surface area (Å²) in [5.74, 6) is 0.777. The van der Waals surface area contributed by atoms with Gasteiger partial charge >= 0.3 is 6.03 Å². The first kappa shape index (κ1) is 15.9. The van der Waals surface area contributed by atoms with Crippen LogP contribution in [0.15, 0.2) is 48.5 Å². The number of urea groups is 1. The topological polar surface area (TPSA) is 76.1 Å². The molecule has 0 aliphatic heterocycles. The van der Waals surface area contributed by atoms with Crippen LogP contribution in [-0.4, -0.2) is 23.3 Å². The van der Waals surface area contributed by atoms with Gasteiger partial charge in [0.1, 0.15) is 10.8 Å².